The molecule has 1 aromatic heterocycles. The predicted molar refractivity (Wildman–Crippen MR) is 32.7 cm³/mol. The molecule has 0 fully saturated rings. The lowest BCUT2D eigenvalue weighted by Gasteiger charge is -1.93. The Hall–Kier alpha value is -1.12. The van der Waals surface area contributed by atoms with E-state index in [-0.39, 0.29) is 0 Å². The molecule has 3 nitrogen and oxygen atoms in total. The fourth-order valence-electron chi connectivity index (χ4n) is 0.671. The highest BCUT2D eigenvalue weighted by Crippen LogP contribution is 1.92. The number of aryl methyl sites for hydroxylation is 1. The summed E-state index contributed by atoms with van der Waals surface area (Å²) >= 11 is 0. The van der Waals surface area contributed by atoms with Gasteiger partial charge in [0.25, 0.3) is 6.29 Å². The number of rotatable bonds is 2. The van der Waals surface area contributed by atoms with E-state index >= 15 is 0 Å². The fraction of sp³-hybridized carbons (Fsp3) is 0.333. The maximum atomic E-state index is 10.1. The first-order valence-corrected chi connectivity index (χ1v) is 2.78. The predicted octanol–water partition coefficient (Wildman–Crippen LogP) is 0.361. The highest BCUT2D eigenvalue weighted by molar-refractivity contribution is 5.72. The Morgan fingerprint density at radius 1 is 1.89 bits per heavy atom. The van der Waals surface area contributed by atoms with Crippen molar-refractivity contribution in [2.45, 2.75) is 13.5 Å². The summed E-state index contributed by atoms with van der Waals surface area (Å²) in [5.74, 6) is 0. The van der Waals surface area contributed by atoms with Gasteiger partial charge in [0.1, 0.15) is 5.69 Å². The summed E-state index contributed by atoms with van der Waals surface area (Å²) < 4.78 is 1.59. The van der Waals surface area contributed by atoms with Crippen LogP contribution in [0.3, 0.4) is 0 Å². The van der Waals surface area contributed by atoms with Crippen LogP contribution in [0.2, 0.25) is 0 Å². The van der Waals surface area contributed by atoms with Crippen LogP contribution >= 0.6 is 0 Å². The van der Waals surface area contributed by atoms with Crippen molar-refractivity contribution < 1.29 is 4.79 Å². The standard InChI is InChI=1S/C6H7N2O/c1-2-8-6(5-9)3-4-7-8/h3-4H,2H2,1H3. The normalized spacial score (nSPS) is 9.44. The Morgan fingerprint density at radius 2 is 2.67 bits per heavy atom. The van der Waals surface area contributed by atoms with Gasteiger partial charge in [0.15, 0.2) is 0 Å². The Bertz CT molecular complexity index is 205. The van der Waals surface area contributed by atoms with E-state index in [4.69, 9.17) is 0 Å². The van der Waals surface area contributed by atoms with E-state index in [1.807, 2.05) is 6.92 Å². The van der Waals surface area contributed by atoms with Gasteiger partial charge >= 0.3 is 0 Å². The van der Waals surface area contributed by atoms with E-state index in [1.54, 1.807) is 23.2 Å². The quantitative estimate of drug-likeness (QED) is 0.569. The van der Waals surface area contributed by atoms with Crippen molar-refractivity contribution in [2.75, 3.05) is 0 Å². The number of nitrogens with zero attached hydrogens (tertiary/aromatic N) is 2. The monoisotopic (exact) mass is 123 g/mol. The first kappa shape index (κ1) is 6.01. The fourth-order valence-corrected chi connectivity index (χ4v) is 0.671. The summed E-state index contributed by atoms with van der Waals surface area (Å²) in [7, 11) is 0. The SMILES string of the molecule is CCn1nccc1[C]=O. The van der Waals surface area contributed by atoms with E-state index < -0.39 is 0 Å². The van der Waals surface area contributed by atoms with Crippen LogP contribution in [-0.2, 0) is 11.3 Å². The maximum Gasteiger partial charge on any atom is 0.253 e. The molecule has 0 aliphatic heterocycles. The molecule has 47 valence electrons. The lowest BCUT2D eigenvalue weighted by Crippen LogP contribution is -2.00. The average Bonchev–Trinajstić information content (AvgIpc) is 2.33. The molecule has 0 bridgehead atoms. The molecular formula is C6H7N2O. The Morgan fingerprint density at radius 3 is 3.11 bits per heavy atom. The molecule has 0 unspecified atom stereocenters. The van der Waals surface area contributed by atoms with E-state index in [2.05, 4.69) is 5.10 Å². The van der Waals surface area contributed by atoms with Gasteiger partial charge in [-0.1, -0.05) is 0 Å². The summed E-state index contributed by atoms with van der Waals surface area (Å²) in [5.41, 5.74) is 0.512. The third-order valence-electron chi connectivity index (χ3n) is 1.12. The van der Waals surface area contributed by atoms with Crippen LogP contribution in [0.1, 0.15) is 12.6 Å². The highest BCUT2D eigenvalue weighted by atomic mass is 16.1. The molecule has 1 aromatic rings. The molecular weight excluding hydrogens is 116 g/mol. The zero-order valence-corrected chi connectivity index (χ0v) is 5.16. The molecule has 0 atom stereocenters. The maximum absolute atomic E-state index is 10.1. The van der Waals surface area contributed by atoms with Gasteiger partial charge in [-0.25, -0.2) is 0 Å². The highest BCUT2D eigenvalue weighted by Gasteiger charge is 1.96. The second-order valence-corrected chi connectivity index (χ2v) is 1.63. The summed E-state index contributed by atoms with van der Waals surface area (Å²) in [6.07, 6.45) is 3.36. The smallest absolute Gasteiger partial charge is 0.253 e. The summed E-state index contributed by atoms with van der Waals surface area (Å²) in [5, 5.41) is 3.86. The van der Waals surface area contributed by atoms with Crippen LogP contribution in [0.15, 0.2) is 12.3 Å². The minimum atomic E-state index is 0.512. The molecule has 0 amide bonds. The molecule has 0 spiro atoms. The zero-order chi connectivity index (χ0) is 6.69. The molecule has 1 radical (unpaired) electrons. The van der Waals surface area contributed by atoms with Gasteiger partial charge in [-0.2, -0.15) is 5.10 Å². The van der Waals surface area contributed by atoms with Crippen molar-refractivity contribution in [2.24, 2.45) is 0 Å². The van der Waals surface area contributed by atoms with Gasteiger partial charge in [-0.3, -0.25) is 9.48 Å². The second kappa shape index (κ2) is 2.44. The van der Waals surface area contributed by atoms with E-state index in [0.717, 1.165) is 6.54 Å². The first-order chi connectivity index (χ1) is 4.38. The number of hydrogen-bond acceptors (Lipinski definition) is 2. The van der Waals surface area contributed by atoms with E-state index in [1.165, 1.54) is 0 Å². The summed E-state index contributed by atoms with van der Waals surface area (Å²) in [6.45, 7) is 2.64. The van der Waals surface area contributed by atoms with Gasteiger partial charge in [0, 0.05) is 12.7 Å². The summed E-state index contributed by atoms with van der Waals surface area (Å²) in [6, 6.07) is 1.64. The third-order valence-corrected chi connectivity index (χ3v) is 1.12. The molecule has 0 aliphatic carbocycles. The minimum absolute atomic E-state index is 0.512. The van der Waals surface area contributed by atoms with Crippen molar-refractivity contribution in [3.63, 3.8) is 0 Å². The zero-order valence-electron chi connectivity index (χ0n) is 5.16. The Balaban J connectivity index is 2.98. The van der Waals surface area contributed by atoms with Gasteiger partial charge in [0.2, 0.25) is 0 Å². The number of carbonyl (C=O) groups excluding carboxylic acids is 1. The number of hydrogen-bond donors (Lipinski definition) is 0. The van der Waals surface area contributed by atoms with Gasteiger partial charge in [0.05, 0.1) is 0 Å². The second-order valence-electron chi connectivity index (χ2n) is 1.63. The third kappa shape index (κ3) is 0.988. The van der Waals surface area contributed by atoms with E-state index in [9.17, 15) is 4.79 Å². The van der Waals surface area contributed by atoms with Crippen LogP contribution in [0, 0.1) is 0 Å². The van der Waals surface area contributed by atoms with Crippen LogP contribution in [0.25, 0.3) is 0 Å². The molecule has 0 saturated heterocycles. The van der Waals surface area contributed by atoms with Gasteiger partial charge < -0.3 is 0 Å². The molecule has 1 rings (SSSR count). The summed E-state index contributed by atoms with van der Waals surface area (Å²) in [4.78, 5) is 10.1. The molecule has 9 heavy (non-hydrogen) atoms. The van der Waals surface area contributed by atoms with Crippen LogP contribution < -0.4 is 0 Å². The number of aromatic nitrogens is 2. The molecule has 0 N–H and O–H groups in total. The Labute approximate surface area is 53.3 Å². The molecule has 0 saturated carbocycles. The van der Waals surface area contributed by atoms with Crippen LogP contribution in [0.4, 0.5) is 0 Å². The molecule has 0 aliphatic rings. The Kier molecular flexibility index (Phi) is 1.63. The van der Waals surface area contributed by atoms with Crippen LogP contribution in [-0.4, -0.2) is 16.1 Å². The van der Waals surface area contributed by atoms with Crippen molar-refractivity contribution in [3.8, 4) is 0 Å². The largest absolute Gasteiger partial charge is 0.283 e. The van der Waals surface area contributed by atoms with Crippen molar-refractivity contribution in [1.29, 1.82) is 0 Å². The van der Waals surface area contributed by atoms with Gasteiger partial charge in [-0.05, 0) is 13.0 Å². The van der Waals surface area contributed by atoms with Crippen molar-refractivity contribution in [1.82, 2.24) is 9.78 Å². The minimum Gasteiger partial charge on any atom is -0.283 e. The van der Waals surface area contributed by atoms with Crippen molar-refractivity contribution >= 4 is 6.29 Å². The molecule has 3 heteroatoms. The lowest BCUT2D eigenvalue weighted by molar-refractivity contribution is 0.553. The van der Waals surface area contributed by atoms with Gasteiger partial charge in [-0.15, -0.1) is 0 Å². The lowest BCUT2D eigenvalue weighted by atomic mass is 10.5. The molecule has 1 heterocycles. The average molecular weight is 123 g/mol. The topological polar surface area (TPSA) is 34.9 Å². The van der Waals surface area contributed by atoms with E-state index in [0.29, 0.717) is 5.69 Å². The van der Waals surface area contributed by atoms with Crippen LogP contribution in [0.5, 0.6) is 0 Å². The first-order valence-electron chi connectivity index (χ1n) is 2.78. The van der Waals surface area contributed by atoms with Crippen molar-refractivity contribution in [3.05, 3.63) is 18.0 Å². The molecule has 0 aromatic carbocycles.